The first-order valence-electron chi connectivity index (χ1n) is 9.14. The van der Waals surface area contributed by atoms with E-state index >= 15 is 0 Å². The van der Waals surface area contributed by atoms with Crippen LogP contribution < -0.4 is 15.5 Å². The lowest BCUT2D eigenvalue weighted by Gasteiger charge is -2.31. The molecule has 0 spiro atoms. The molecule has 0 aliphatic carbocycles. The van der Waals surface area contributed by atoms with E-state index in [1.165, 1.54) is 0 Å². The smallest absolute Gasteiger partial charge is 0.323 e. The molecule has 6 heteroatoms. The predicted molar refractivity (Wildman–Crippen MR) is 108 cm³/mol. The number of nitrogens with zero attached hydrogens (tertiary/aromatic N) is 2. The lowest BCUT2D eigenvalue weighted by atomic mass is 10.1. The summed E-state index contributed by atoms with van der Waals surface area (Å²) in [6.45, 7) is 1.70. The van der Waals surface area contributed by atoms with E-state index in [1.807, 2.05) is 54.6 Å². The van der Waals surface area contributed by atoms with Crippen LogP contribution in [-0.4, -0.2) is 35.3 Å². The molecule has 4 rings (SSSR count). The first-order valence-corrected chi connectivity index (χ1v) is 9.14. The van der Waals surface area contributed by atoms with Gasteiger partial charge in [-0.05, 0) is 49.2 Å². The van der Waals surface area contributed by atoms with Gasteiger partial charge in [0.25, 0.3) is 0 Å². The summed E-state index contributed by atoms with van der Waals surface area (Å²) in [5.74, 6) is 0. The van der Waals surface area contributed by atoms with Crippen molar-refractivity contribution < 1.29 is 9.90 Å². The maximum atomic E-state index is 12.4. The van der Waals surface area contributed by atoms with E-state index in [9.17, 15) is 9.90 Å². The van der Waals surface area contributed by atoms with Gasteiger partial charge in [0.2, 0.25) is 0 Å². The number of nitrogens with one attached hydrogen (secondary N) is 2. The Bertz CT molecular complexity index is 929. The number of carbonyl (C=O) groups is 1. The molecule has 3 N–H and O–H groups in total. The van der Waals surface area contributed by atoms with Crippen LogP contribution in [0.1, 0.15) is 12.8 Å². The highest BCUT2D eigenvalue weighted by molar-refractivity contribution is 6.05. The maximum absolute atomic E-state index is 12.4. The number of amides is 2. The monoisotopic (exact) mass is 362 g/mol. The van der Waals surface area contributed by atoms with Gasteiger partial charge in [-0.2, -0.15) is 0 Å². The molecule has 138 valence electrons. The van der Waals surface area contributed by atoms with Gasteiger partial charge in [0.15, 0.2) is 0 Å². The molecule has 0 radical (unpaired) electrons. The Labute approximate surface area is 157 Å². The molecule has 2 amide bonds. The van der Waals surface area contributed by atoms with Crippen LogP contribution in [0.3, 0.4) is 0 Å². The number of rotatable bonds is 3. The average Bonchev–Trinajstić information content (AvgIpc) is 2.69. The van der Waals surface area contributed by atoms with E-state index in [1.54, 1.807) is 6.20 Å². The van der Waals surface area contributed by atoms with Gasteiger partial charge >= 0.3 is 6.03 Å². The molecular weight excluding hydrogens is 340 g/mol. The number of piperidine rings is 1. The quantitative estimate of drug-likeness (QED) is 0.662. The largest absolute Gasteiger partial charge is 0.393 e. The van der Waals surface area contributed by atoms with Crippen molar-refractivity contribution in [3.05, 3.63) is 60.8 Å². The highest BCUT2D eigenvalue weighted by Crippen LogP contribution is 2.23. The number of hydrogen-bond donors (Lipinski definition) is 3. The number of aromatic nitrogens is 1. The zero-order chi connectivity index (χ0) is 18.6. The van der Waals surface area contributed by atoms with Gasteiger partial charge in [-0.1, -0.05) is 18.2 Å². The molecule has 0 unspecified atom stereocenters. The predicted octanol–water partition coefficient (Wildman–Crippen LogP) is 3.84. The molecule has 1 saturated heterocycles. The van der Waals surface area contributed by atoms with Crippen LogP contribution in [0.15, 0.2) is 60.8 Å². The number of carbonyl (C=O) groups excluding carboxylic acids is 1. The highest BCUT2D eigenvalue weighted by atomic mass is 16.3. The van der Waals surface area contributed by atoms with Gasteiger partial charge < -0.3 is 20.6 Å². The fraction of sp³-hybridized carbons (Fsp3) is 0.238. The minimum Gasteiger partial charge on any atom is -0.393 e. The Morgan fingerprint density at radius 1 is 1.00 bits per heavy atom. The van der Waals surface area contributed by atoms with Gasteiger partial charge in [-0.15, -0.1) is 0 Å². The van der Waals surface area contributed by atoms with Crippen molar-refractivity contribution >= 4 is 34.0 Å². The second-order valence-electron chi connectivity index (χ2n) is 6.72. The number of pyridine rings is 1. The van der Waals surface area contributed by atoms with Crippen LogP contribution in [0.4, 0.5) is 21.9 Å². The number of aliphatic hydroxyl groups excluding tert-OH is 1. The van der Waals surface area contributed by atoms with Gasteiger partial charge in [0, 0.05) is 36.0 Å². The van der Waals surface area contributed by atoms with Crippen LogP contribution in [0.25, 0.3) is 10.9 Å². The van der Waals surface area contributed by atoms with Crippen LogP contribution in [0, 0.1) is 0 Å². The summed E-state index contributed by atoms with van der Waals surface area (Å²) in [4.78, 5) is 19.0. The molecular formula is C21H22N4O2. The maximum Gasteiger partial charge on any atom is 0.323 e. The first kappa shape index (κ1) is 17.3. The average molecular weight is 362 g/mol. The van der Waals surface area contributed by atoms with Gasteiger partial charge in [-0.25, -0.2) is 4.79 Å². The number of aliphatic hydroxyl groups is 1. The van der Waals surface area contributed by atoms with Crippen molar-refractivity contribution in [3.8, 4) is 0 Å². The molecule has 27 heavy (non-hydrogen) atoms. The molecule has 1 aliphatic heterocycles. The van der Waals surface area contributed by atoms with Crippen molar-refractivity contribution in [1.82, 2.24) is 4.98 Å². The van der Waals surface area contributed by atoms with E-state index in [0.717, 1.165) is 48.2 Å². The Morgan fingerprint density at radius 2 is 1.74 bits per heavy atom. The second-order valence-corrected chi connectivity index (χ2v) is 6.72. The van der Waals surface area contributed by atoms with Crippen molar-refractivity contribution in [1.29, 1.82) is 0 Å². The number of fused-ring (bicyclic) bond motifs is 1. The molecule has 0 atom stereocenters. The summed E-state index contributed by atoms with van der Waals surface area (Å²) in [6, 6.07) is 17.0. The Kier molecular flexibility index (Phi) is 4.89. The molecule has 1 aliphatic rings. The van der Waals surface area contributed by atoms with Crippen molar-refractivity contribution in [3.63, 3.8) is 0 Å². The lowest BCUT2D eigenvalue weighted by molar-refractivity contribution is 0.145. The lowest BCUT2D eigenvalue weighted by Crippen LogP contribution is -2.35. The zero-order valence-electron chi connectivity index (χ0n) is 14.9. The molecule has 3 aromatic rings. The first-order chi connectivity index (χ1) is 13.2. The molecule has 1 fully saturated rings. The van der Waals surface area contributed by atoms with Crippen molar-refractivity contribution in [2.75, 3.05) is 28.6 Å². The molecule has 0 saturated carbocycles. The van der Waals surface area contributed by atoms with E-state index in [4.69, 9.17) is 0 Å². The minimum atomic E-state index is -0.304. The van der Waals surface area contributed by atoms with Gasteiger partial charge in [0.05, 0.1) is 17.3 Å². The fourth-order valence-electron chi connectivity index (χ4n) is 3.37. The van der Waals surface area contributed by atoms with Crippen molar-refractivity contribution in [2.45, 2.75) is 18.9 Å². The summed E-state index contributed by atoms with van der Waals surface area (Å²) in [5.41, 5.74) is 3.26. The molecule has 0 bridgehead atoms. The molecule has 2 heterocycles. The highest BCUT2D eigenvalue weighted by Gasteiger charge is 2.17. The van der Waals surface area contributed by atoms with Crippen LogP contribution >= 0.6 is 0 Å². The van der Waals surface area contributed by atoms with E-state index in [2.05, 4.69) is 20.5 Å². The Hall–Kier alpha value is -3.12. The standard InChI is InChI=1S/C21H22N4O2/c26-18-10-13-25(14-11-18)17-8-6-16(7-9-17)23-21(27)24-19-5-1-3-15-4-2-12-22-20(15)19/h1-9,12,18,26H,10-11,13-14H2,(H2,23,24,27). The topological polar surface area (TPSA) is 77.5 Å². The number of hydrogen-bond acceptors (Lipinski definition) is 4. The summed E-state index contributed by atoms with van der Waals surface area (Å²) < 4.78 is 0. The Morgan fingerprint density at radius 3 is 2.52 bits per heavy atom. The SMILES string of the molecule is O=C(Nc1ccc(N2CCC(O)CC2)cc1)Nc1cccc2cccnc12. The summed E-state index contributed by atoms with van der Waals surface area (Å²) in [7, 11) is 0. The number of urea groups is 1. The second kappa shape index (κ2) is 7.63. The fourth-order valence-corrected chi connectivity index (χ4v) is 3.37. The van der Waals surface area contributed by atoms with E-state index in [0.29, 0.717) is 5.69 Å². The number of para-hydroxylation sites is 1. The van der Waals surface area contributed by atoms with Crippen LogP contribution in [0.5, 0.6) is 0 Å². The summed E-state index contributed by atoms with van der Waals surface area (Å²) in [6.07, 6.45) is 3.11. The van der Waals surface area contributed by atoms with Gasteiger partial charge in [0.1, 0.15) is 0 Å². The van der Waals surface area contributed by atoms with Crippen LogP contribution in [0.2, 0.25) is 0 Å². The summed E-state index contributed by atoms with van der Waals surface area (Å²) >= 11 is 0. The summed E-state index contributed by atoms with van der Waals surface area (Å²) in [5, 5.41) is 16.3. The van der Waals surface area contributed by atoms with E-state index in [-0.39, 0.29) is 12.1 Å². The third-order valence-electron chi connectivity index (χ3n) is 4.84. The third-order valence-corrected chi connectivity index (χ3v) is 4.84. The van der Waals surface area contributed by atoms with Crippen molar-refractivity contribution in [2.24, 2.45) is 0 Å². The third kappa shape index (κ3) is 4.01. The van der Waals surface area contributed by atoms with Crippen LogP contribution in [-0.2, 0) is 0 Å². The van der Waals surface area contributed by atoms with E-state index < -0.39 is 0 Å². The Balaban J connectivity index is 1.41. The number of benzene rings is 2. The number of anilines is 3. The van der Waals surface area contributed by atoms with Gasteiger partial charge in [-0.3, -0.25) is 4.98 Å². The zero-order valence-corrected chi connectivity index (χ0v) is 14.9. The molecule has 2 aromatic carbocycles. The normalized spacial score (nSPS) is 14.9. The minimum absolute atomic E-state index is 0.186. The molecule has 1 aromatic heterocycles. The molecule has 6 nitrogen and oxygen atoms in total.